The summed E-state index contributed by atoms with van der Waals surface area (Å²) in [7, 11) is 0. The maximum atomic E-state index is 2.40. The van der Waals surface area contributed by atoms with Gasteiger partial charge in [-0.25, -0.2) is 0 Å². The van der Waals surface area contributed by atoms with Crippen molar-refractivity contribution < 1.29 is 0 Å². The minimum Gasteiger partial charge on any atom is -0.0651 e. The third kappa shape index (κ3) is 15.8. The second kappa shape index (κ2) is 20.8. The van der Waals surface area contributed by atoms with Crippen LogP contribution in [-0.2, 0) is 0 Å². The van der Waals surface area contributed by atoms with Gasteiger partial charge in [0.2, 0.25) is 0 Å². The summed E-state index contributed by atoms with van der Waals surface area (Å²) in [4.78, 5) is 0. The summed E-state index contributed by atoms with van der Waals surface area (Å²) >= 11 is 0. The minimum atomic E-state index is 0.587. The molecule has 6 rings (SSSR count). The molecule has 0 radical (unpaired) electrons. The van der Waals surface area contributed by atoms with Crippen molar-refractivity contribution in [1.82, 2.24) is 0 Å². The Morgan fingerprint density at radius 3 is 0.957 bits per heavy atom. The van der Waals surface area contributed by atoms with Gasteiger partial charge in [0, 0.05) is 0 Å². The summed E-state index contributed by atoms with van der Waals surface area (Å²) in [5.41, 5.74) is 1.83. The lowest BCUT2D eigenvalue weighted by atomic mass is 9.74. The molecule has 0 aromatic rings. The zero-order valence-corrected chi connectivity index (χ0v) is 36.2. The van der Waals surface area contributed by atoms with Crippen molar-refractivity contribution in [1.29, 1.82) is 0 Å². The van der Waals surface area contributed by atoms with Gasteiger partial charge in [-0.15, -0.1) is 0 Å². The van der Waals surface area contributed by atoms with Crippen molar-refractivity contribution in [2.45, 2.75) is 220 Å². The first-order valence-corrected chi connectivity index (χ1v) is 21.6. The van der Waals surface area contributed by atoms with E-state index in [0.717, 1.165) is 65.1 Å². The lowest BCUT2D eigenvalue weighted by Crippen LogP contribution is -2.24. The molecule has 6 fully saturated rings. The van der Waals surface area contributed by atoms with Gasteiger partial charge in [0.15, 0.2) is 0 Å². The van der Waals surface area contributed by atoms with Gasteiger partial charge in [0.1, 0.15) is 0 Å². The number of hydrogen-bond acceptors (Lipinski definition) is 0. The van der Waals surface area contributed by atoms with Crippen molar-refractivity contribution in [3.63, 3.8) is 0 Å². The molecule has 47 heavy (non-hydrogen) atoms. The Morgan fingerprint density at radius 2 is 0.851 bits per heavy atom. The Morgan fingerprint density at radius 1 is 0.426 bits per heavy atom. The van der Waals surface area contributed by atoms with Crippen LogP contribution in [0.1, 0.15) is 220 Å². The zero-order valence-electron chi connectivity index (χ0n) is 36.2. The van der Waals surface area contributed by atoms with E-state index in [1.807, 2.05) is 0 Å². The van der Waals surface area contributed by atoms with Crippen LogP contribution in [-0.4, -0.2) is 0 Å². The third-order valence-electron chi connectivity index (χ3n) is 16.0. The van der Waals surface area contributed by atoms with Crippen LogP contribution in [0.25, 0.3) is 0 Å². The SMILES string of the molecule is CC1C(C)(C)CCC1(C)C.CC1CC(C)C(C)C1.CC1CCC(C)C1C.CC1CCC[C@H]1C.CCC1CCC1.C[C@@H]1CCCC1(C)C. The second-order valence-electron chi connectivity index (χ2n) is 21.0. The lowest BCUT2D eigenvalue weighted by molar-refractivity contribution is 0.179. The van der Waals surface area contributed by atoms with Gasteiger partial charge < -0.3 is 0 Å². The molecule has 6 aliphatic rings. The molecule has 6 aliphatic carbocycles. The molecule has 0 aliphatic heterocycles. The molecule has 5 unspecified atom stereocenters. The Labute approximate surface area is 301 Å². The van der Waals surface area contributed by atoms with Crippen molar-refractivity contribution >= 4 is 0 Å². The van der Waals surface area contributed by atoms with Gasteiger partial charge in [-0.1, -0.05) is 188 Å². The summed E-state index contributed by atoms with van der Waals surface area (Å²) in [6.07, 6.45) is 23.3. The predicted octanol–water partition coefficient (Wildman–Crippen LogP) is 16.3. The smallest absolute Gasteiger partial charge is 0.0323 e. The molecule has 0 aromatic carbocycles. The van der Waals surface area contributed by atoms with Crippen LogP contribution in [0.2, 0.25) is 0 Å². The van der Waals surface area contributed by atoms with Gasteiger partial charge >= 0.3 is 0 Å². The Hall–Kier alpha value is 0. The molecule has 0 heterocycles. The second-order valence-corrected chi connectivity index (χ2v) is 21.0. The van der Waals surface area contributed by atoms with Crippen LogP contribution in [0, 0.1) is 81.3 Å². The summed E-state index contributed by atoms with van der Waals surface area (Å²) in [5.74, 6) is 10.9. The first-order chi connectivity index (χ1) is 21.6. The molecular formula is C47H94. The maximum absolute atomic E-state index is 2.40. The van der Waals surface area contributed by atoms with Crippen LogP contribution in [0.3, 0.4) is 0 Å². The van der Waals surface area contributed by atoms with E-state index in [9.17, 15) is 0 Å². The van der Waals surface area contributed by atoms with Gasteiger partial charge in [-0.3, -0.25) is 0 Å². The molecule has 0 saturated heterocycles. The fraction of sp³-hybridized carbons (Fsp3) is 1.00. The maximum Gasteiger partial charge on any atom is -0.0323 e. The van der Waals surface area contributed by atoms with Gasteiger partial charge in [-0.05, 0) is 113 Å². The molecule has 0 nitrogen and oxygen atoms in total. The van der Waals surface area contributed by atoms with Crippen molar-refractivity contribution in [2.24, 2.45) is 81.3 Å². The minimum absolute atomic E-state index is 0.587. The fourth-order valence-corrected chi connectivity index (χ4v) is 9.31. The van der Waals surface area contributed by atoms with Crippen molar-refractivity contribution in [2.75, 3.05) is 0 Å². The highest BCUT2D eigenvalue weighted by Gasteiger charge is 2.43. The Kier molecular flexibility index (Phi) is 19.9. The van der Waals surface area contributed by atoms with Gasteiger partial charge in [0.05, 0.1) is 0 Å². The normalized spacial score (nSPS) is 38.1. The molecule has 0 spiro atoms. The molecule has 0 amide bonds. The first kappa shape index (κ1) is 45.0. The number of rotatable bonds is 1. The van der Waals surface area contributed by atoms with Crippen molar-refractivity contribution in [3.8, 4) is 0 Å². The fourth-order valence-electron chi connectivity index (χ4n) is 9.31. The third-order valence-corrected chi connectivity index (χ3v) is 16.0. The van der Waals surface area contributed by atoms with E-state index in [2.05, 4.69) is 118 Å². The molecule has 0 aromatic heterocycles. The first-order valence-electron chi connectivity index (χ1n) is 21.6. The average molecular weight is 659 g/mol. The van der Waals surface area contributed by atoms with E-state index in [1.54, 1.807) is 0 Å². The molecule has 282 valence electrons. The van der Waals surface area contributed by atoms with E-state index in [4.69, 9.17) is 0 Å². The van der Waals surface area contributed by atoms with Gasteiger partial charge in [0.25, 0.3) is 0 Å². The Bertz CT molecular complexity index is 750. The van der Waals surface area contributed by atoms with E-state index in [1.165, 1.54) is 103 Å². The van der Waals surface area contributed by atoms with Crippen LogP contribution < -0.4 is 0 Å². The topological polar surface area (TPSA) is 0 Å². The highest BCUT2D eigenvalue weighted by Crippen LogP contribution is 2.53. The molecular weight excluding hydrogens is 565 g/mol. The highest BCUT2D eigenvalue weighted by atomic mass is 14.5. The molecule has 7 atom stereocenters. The Balaban J connectivity index is 0.000000284. The average Bonchev–Trinajstić information content (AvgIpc) is 3.71. The quantitative estimate of drug-likeness (QED) is 0.263. The van der Waals surface area contributed by atoms with E-state index in [0.29, 0.717) is 16.2 Å². The summed E-state index contributed by atoms with van der Waals surface area (Å²) in [6.45, 7) is 40.3. The predicted molar refractivity (Wildman–Crippen MR) is 216 cm³/mol. The van der Waals surface area contributed by atoms with Crippen LogP contribution in [0.5, 0.6) is 0 Å². The van der Waals surface area contributed by atoms with Crippen LogP contribution in [0.15, 0.2) is 0 Å². The standard InChI is InChI=1S/C10H20.3C8H16.C7H14.C6H12/c1-8-9(2,3)6-7-10(8,4)5;1-6-4-7(2)8(3)5-6;1-7-5-4-6-8(7,2)3;1-6-4-5-7(2)8(6)3;1-6-4-3-5-7(6)2;1-2-6-4-3-5-6/h8H,6-7H2,1-5H3;6-8H,4-5H2,1-3H3;7H,4-6H2,1-3H3;6-8H,4-5H2,1-3H3;6-7H,3-5H2,1-2H3;6H,2-5H2,1H3/t;;7-;;6-,7?;/m..1.1./s1. The molecule has 0 N–H and O–H groups in total. The van der Waals surface area contributed by atoms with E-state index >= 15 is 0 Å². The van der Waals surface area contributed by atoms with Gasteiger partial charge in [-0.2, -0.15) is 0 Å². The molecule has 6 saturated carbocycles. The highest BCUT2D eigenvalue weighted by molar-refractivity contribution is 4.93. The number of hydrogen-bond donors (Lipinski definition) is 0. The van der Waals surface area contributed by atoms with Crippen LogP contribution in [0.4, 0.5) is 0 Å². The van der Waals surface area contributed by atoms with Crippen molar-refractivity contribution in [3.05, 3.63) is 0 Å². The summed E-state index contributed by atoms with van der Waals surface area (Å²) in [5, 5.41) is 0. The van der Waals surface area contributed by atoms with Crippen LogP contribution >= 0.6 is 0 Å². The summed E-state index contributed by atoms with van der Waals surface area (Å²) < 4.78 is 0. The summed E-state index contributed by atoms with van der Waals surface area (Å²) in [6, 6.07) is 0. The lowest BCUT2D eigenvalue weighted by Gasteiger charge is -2.31. The molecule has 0 bridgehead atoms. The van der Waals surface area contributed by atoms with E-state index in [-0.39, 0.29) is 0 Å². The largest absolute Gasteiger partial charge is 0.0651 e. The zero-order chi connectivity index (χ0) is 36.2. The molecule has 0 heteroatoms. The van der Waals surface area contributed by atoms with E-state index < -0.39 is 0 Å². The monoisotopic (exact) mass is 659 g/mol.